The third kappa shape index (κ3) is 5.26. The van der Waals surface area contributed by atoms with Crippen molar-refractivity contribution in [1.29, 1.82) is 0 Å². The highest BCUT2D eigenvalue weighted by molar-refractivity contribution is 9.10. The molecule has 29 heavy (non-hydrogen) atoms. The van der Waals surface area contributed by atoms with Crippen LogP contribution in [0.15, 0.2) is 41.0 Å². The summed E-state index contributed by atoms with van der Waals surface area (Å²) in [5.74, 6) is -1.56. The van der Waals surface area contributed by atoms with Gasteiger partial charge in [0.1, 0.15) is 12.1 Å². The van der Waals surface area contributed by atoms with E-state index in [0.29, 0.717) is 0 Å². The quantitative estimate of drug-likeness (QED) is 0.607. The average Bonchev–Trinajstić information content (AvgIpc) is 2.68. The lowest BCUT2D eigenvalue weighted by atomic mass is 9.80. The van der Waals surface area contributed by atoms with Crippen molar-refractivity contribution in [2.24, 2.45) is 0 Å². The molecule has 1 amide bonds. The maximum Gasteiger partial charge on any atom is 0.328 e. The van der Waals surface area contributed by atoms with Crippen molar-refractivity contribution in [1.82, 2.24) is 10.3 Å². The molecule has 2 atom stereocenters. The summed E-state index contributed by atoms with van der Waals surface area (Å²) in [6.07, 6.45) is 0.887. The van der Waals surface area contributed by atoms with Gasteiger partial charge in [-0.05, 0) is 31.5 Å². The van der Waals surface area contributed by atoms with E-state index in [1.165, 1.54) is 26.3 Å². The molecule has 0 aliphatic carbocycles. The number of pyridine rings is 1. The Morgan fingerprint density at radius 1 is 1.17 bits per heavy atom. The third-order valence-corrected chi connectivity index (χ3v) is 5.45. The smallest absolute Gasteiger partial charge is 0.328 e. The van der Waals surface area contributed by atoms with E-state index in [0.717, 1.165) is 10.0 Å². The summed E-state index contributed by atoms with van der Waals surface area (Å²) in [6.45, 7) is 7.28. The Hall–Kier alpha value is -2.61. The lowest BCUT2D eigenvalue weighted by molar-refractivity contribution is -0.153. The molecule has 1 aromatic carbocycles. The lowest BCUT2D eigenvalue weighted by Crippen LogP contribution is -2.44. The molecule has 0 radical (unpaired) electrons. The Morgan fingerprint density at radius 2 is 1.79 bits per heavy atom. The second-order valence-electron chi connectivity index (χ2n) is 7.21. The topological polar surface area (TPSA) is 97.8 Å². The molecule has 2 rings (SSSR count). The lowest BCUT2D eigenvalue weighted by Gasteiger charge is -2.32. The van der Waals surface area contributed by atoms with Gasteiger partial charge in [-0.1, -0.05) is 41.9 Å². The monoisotopic (exact) mass is 464 g/mol. The van der Waals surface area contributed by atoms with Crippen LogP contribution in [0.1, 0.15) is 43.7 Å². The summed E-state index contributed by atoms with van der Waals surface area (Å²) in [4.78, 5) is 28.7. The van der Waals surface area contributed by atoms with Crippen LogP contribution in [0.3, 0.4) is 0 Å². The molecule has 0 aliphatic rings. The van der Waals surface area contributed by atoms with E-state index in [1.807, 2.05) is 45.0 Å². The number of hydrogen-bond donors (Lipinski definition) is 2. The van der Waals surface area contributed by atoms with Crippen molar-refractivity contribution in [3.8, 4) is 11.5 Å². The largest absolute Gasteiger partial charge is 0.503 e. The number of ether oxygens (including phenoxy) is 2. The summed E-state index contributed by atoms with van der Waals surface area (Å²) >= 11 is 3.41. The van der Waals surface area contributed by atoms with Gasteiger partial charge < -0.3 is 19.9 Å². The summed E-state index contributed by atoms with van der Waals surface area (Å²) < 4.78 is 11.5. The Balaban J connectivity index is 2.04. The van der Waals surface area contributed by atoms with Crippen molar-refractivity contribution >= 4 is 27.8 Å². The van der Waals surface area contributed by atoms with Crippen LogP contribution in [0.5, 0.6) is 11.5 Å². The van der Waals surface area contributed by atoms with Crippen molar-refractivity contribution in [2.75, 3.05) is 7.11 Å². The van der Waals surface area contributed by atoms with Gasteiger partial charge in [-0.3, -0.25) is 4.79 Å². The van der Waals surface area contributed by atoms with Gasteiger partial charge in [0, 0.05) is 22.2 Å². The Morgan fingerprint density at radius 3 is 2.38 bits per heavy atom. The number of benzene rings is 1. The summed E-state index contributed by atoms with van der Waals surface area (Å²) in [5.41, 5.74) is 0.350. The molecule has 1 unspecified atom stereocenters. The first-order valence-electron chi connectivity index (χ1n) is 9.07. The second kappa shape index (κ2) is 9.26. The fourth-order valence-corrected chi connectivity index (χ4v) is 2.89. The molecule has 0 bridgehead atoms. The third-order valence-electron chi connectivity index (χ3n) is 4.92. The summed E-state index contributed by atoms with van der Waals surface area (Å²) in [7, 11) is 1.37. The Kier molecular flexibility index (Phi) is 7.24. The summed E-state index contributed by atoms with van der Waals surface area (Å²) in [6, 6.07) is 8.30. The molecule has 0 fully saturated rings. The molecule has 8 heteroatoms. The van der Waals surface area contributed by atoms with Crippen LogP contribution in [-0.4, -0.2) is 41.2 Å². The van der Waals surface area contributed by atoms with E-state index in [1.54, 1.807) is 0 Å². The second-order valence-corrected chi connectivity index (χ2v) is 8.13. The first kappa shape index (κ1) is 22.7. The number of nitrogens with zero attached hydrogens (tertiary/aromatic N) is 1. The number of aromatic hydroxyl groups is 1. The van der Waals surface area contributed by atoms with Gasteiger partial charge in [0.2, 0.25) is 0 Å². The van der Waals surface area contributed by atoms with E-state index in [2.05, 4.69) is 26.2 Å². The van der Waals surface area contributed by atoms with E-state index in [-0.39, 0.29) is 11.4 Å². The van der Waals surface area contributed by atoms with Gasteiger partial charge in [0.25, 0.3) is 5.91 Å². The number of hydrogen-bond acceptors (Lipinski definition) is 6. The number of halogens is 1. The minimum Gasteiger partial charge on any atom is -0.503 e. The van der Waals surface area contributed by atoms with E-state index in [9.17, 15) is 14.7 Å². The highest BCUT2D eigenvalue weighted by Crippen LogP contribution is 2.30. The zero-order chi connectivity index (χ0) is 21.8. The van der Waals surface area contributed by atoms with Crippen LogP contribution >= 0.6 is 15.9 Å². The number of nitrogens with one attached hydrogen (secondary N) is 1. The summed E-state index contributed by atoms with van der Waals surface area (Å²) in [5, 5.41) is 12.5. The van der Waals surface area contributed by atoms with Crippen molar-refractivity contribution in [3.05, 3.63) is 52.3 Å². The first-order chi connectivity index (χ1) is 13.6. The van der Waals surface area contributed by atoms with Crippen molar-refractivity contribution in [2.45, 2.75) is 45.3 Å². The molecule has 2 N–H and O–H groups in total. The van der Waals surface area contributed by atoms with Crippen LogP contribution in [0.25, 0.3) is 0 Å². The van der Waals surface area contributed by atoms with Gasteiger partial charge in [0.05, 0.1) is 7.11 Å². The first-order valence-corrected chi connectivity index (χ1v) is 9.86. The standard InChI is InChI=1S/C21H25BrN2O5/c1-12(24-19(26)17-18(25)16(28-5)10-11-23-17)20(27)29-13(2)21(3,4)14-6-8-15(22)9-7-14/h6-13,25H,1-5H3,(H,24,26)/t12-,13?/m0/s1. The van der Waals surface area contributed by atoms with Gasteiger partial charge in [0.15, 0.2) is 17.2 Å². The molecule has 156 valence electrons. The maximum absolute atomic E-state index is 12.5. The molecule has 2 aromatic rings. The van der Waals surface area contributed by atoms with Gasteiger partial charge in [-0.25, -0.2) is 9.78 Å². The van der Waals surface area contributed by atoms with Crippen LogP contribution in [0, 0.1) is 0 Å². The van der Waals surface area contributed by atoms with Crippen LogP contribution in [-0.2, 0) is 14.9 Å². The van der Waals surface area contributed by atoms with Gasteiger partial charge >= 0.3 is 5.97 Å². The molecule has 7 nitrogen and oxygen atoms in total. The van der Waals surface area contributed by atoms with Crippen LogP contribution < -0.4 is 10.1 Å². The van der Waals surface area contributed by atoms with Gasteiger partial charge in [-0.15, -0.1) is 0 Å². The maximum atomic E-state index is 12.5. The molecule has 0 saturated heterocycles. The number of methoxy groups -OCH3 is 1. The zero-order valence-corrected chi connectivity index (χ0v) is 18.6. The molecule has 1 heterocycles. The predicted octanol–water partition coefficient (Wildman–Crippen LogP) is 3.59. The SMILES string of the molecule is COc1ccnc(C(=O)N[C@@H](C)C(=O)OC(C)C(C)(C)c2ccc(Br)cc2)c1O. The molecule has 0 saturated carbocycles. The molecular weight excluding hydrogens is 440 g/mol. The molecule has 1 aromatic heterocycles. The molecule has 0 aliphatic heterocycles. The Labute approximate surface area is 178 Å². The number of esters is 1. The molecular formula is C21H25BrN2O5. The molecule has 0 spiro atoms. The normalized spacial score (nSPS) is 13.3. The van der Waals surface area contributed by atoms with Crippen LogP contribution in [0.2, 0.25) is 0 Å². The number of carbonyl (C=O) groups is 2. The predicted molar refractivity (Wildman–Crippen MR) is 112 cm³/mol. The number of amides is 1. The number of rotatable bonds is 7. The number of aromatic nitrogens is 1. The van der Waals surface area contributed by atoms with E-state index >= 15 is 0 Å². The minimum atomic E-state index is -0.932. The zero-order valence-electron chi connectivity index (χ0n) is 17.0. The van der Waals surface area contributed by atoms with E-state index in [4.69, 9.17) is 9.47 Å². The average molecular weight is 465 g/mol. The Bertz CT molecular complexity index is 883. The van der Waals surface area contributed by atoms with E-state index < -0.39 is 35.2 Å². The fourth-order valence-electron chi connectivity index (χ4n) is 2.63. The fraction of sp³-hybridized carbons (Fsp3) is 0.381. The van der Waals surface area contributed by atoms with Crippen molar-refractivity contribution < 1.29 is 24.2 Å². The highest BCUT2D eigenvalue weighted by atomic mass is 79.9. The highest BCUT2D eigenvalue weighted by Gasteiger charge is 2.32. The van der Waals surface area contributed by atoms with Gasteiger partial charge in [-0.2, -0.15) is 0 Å². The van der Waals surface area contributed by atoms with Crippen molar-refractivity contribution in [3.63, 3.8) is 0 Å². The van der Waals surface area contributed by atoms with Crippen LogP contribution in [0.4, 0.5) is 0 Å². The minimum absolute atomic E-state index is 0.116. The number of carbonyl (C=O) groups excluding carboxylic acids is 2.